The molecule has 2 rings (SSSR count). The van der Waals surface area contributed by atoms with E-state index in [1.807, 2.05) is 0 Å². The van der Waals surface area contributed by atoms with Crippen LogP contribution in [0.2, 0.25) is 0 Å². The molecule has 1 aromatic carbocycles. The van der Waals surface area contributed by atoms with Gasteiger partial charge in [-0.2, -0.15) is 0 Å². The summed E-state index contributed by atoms with van der Waals surface area (Å²) in [6, 6.07) is 9.12. The Morgan fingerprint density at radius 2 is 1.95 bits per heavy atom. The number of nitrogens with one attached hydrogen (secondary N) is 1. The van der Waals surface area contributed by atoms with Gasteiger partial charge in [-0.05, 0) is 30.4 Å². The maximum absolute atomic E-state index is 5.77. The minimum atomic E-state index is -0.00367. The van der Waals surface area contributed by atoms with E-state index in [-0.39, 0.29) is 6.29 Å². The molecular formula is C16H25NO2. The van der Waals surface area contributed by atoms with E-state index in [0.717, 1.165) is 26.0 Å². The molecule has 0 amide bonds. The van der Waals surface area contributed by atoms with Crippen LogP contribution in [0.1, 0.15) is 44.2 Å². The van der Waals surface area contributed by atoms with Crippen LogP contribution in [0.25, 0.3) is 0 Å². The van der Waals surface area contributed by atoms with E-state index < -0.39 is 0 Å². The SMILES string of the molecule is CC(C)NCc1ccc(COC2CCCCO2)cc1. The van der Waals surface area contributed by atoms with Crippen molar-refractivity contribution in [2.45, 2.75) is 58.6 Å². The Hall–Kier alpha value is -0.900. The van der Waals surface area contributed by atoms with E-state index in [9.17, 15) is 0 Å². The second-order valence-corrected chi connectivity index (χ2v) is 5.46. The Morgan fingerprint density at radius 3 is 2.58 bits per heavy atom. The van der Waals surface area contributed by atoms with E-state index in [0.29, 0.717) is 12.6 Å². The van der Waals surface area contributed by atoms with Crippen molar-refractivity contribution in [2.75, 3.05) is 6.61 Å². The summed E-state index contributed by atoms with van der Waals surface area (Å²) in [4.78, 5) is 0. The maximum atomic E-state index is 5.77. The van der Waals surface area contributed by atoms with E-state index >= 15 is 0 Å². The average Bonchev–Trinajstić information content (AvgIpc) is 2.45. The lowest BCUT2D eigenvalue weighted by atomic mass is 10.1. The van der Waals surface area contributed by atoms with Crippen LogP contribution in [0.5, 0.6) is 0 Å². The third-order valence-electron chi connectivity index (χ3n) is 3.31. The molecule has 0 spiro atoms. The number of rotatable bonds is 6. The molecule has 1 aliphatic heterocycles. The largest absolute Gasteiger partial charge is 0.353 e. The van der Waals surface area contributed by atoms with Crippen molar-refractivity contribution in [1.82, 2.24) is 5.32 Å². The van der Waals surface area contributed by atoms with Gasteiger partial charge >= 0.3 is 0 Å². The number of hydrogen-bond donors (Lipinski definition) is 1. The van der Waals surface area contributed by atoms with Crippen molar-refractivity contribution < 1.29 is 9.47 Å². The smallest absolute Gasteiger partial charge is 0.158 e. The monoisotopic (exact) mass is 263 g/mol. The van der Waals surface area contributed by atoms with Crippen molar-refractivity contribution in [2.24, 2.45) is 0 Å². The van der Waals surface area contributed by atoms with Gasteiger partial charge in [0.05, 0.1) is 6.61 Å². The average molecular weight is 263 g/mol. The van der Waals surface area contributed by atoms with Crippen molar-refractivity contribution in [3.63, 3.8) is 0 Å². The molecule has 0 aromatic heterocycles. The molecule has 0 saturated carbocycles. The standard InChI is InChI=1S/C16H25NO2/c1-13(2)17-11-14-6-8-15(9-7-14)12-19-16-5-3-4-10-18-16/h6-9,13,16-17H,3-5,10-12H2,1-2H3. The van der Waals surface area contributed by atoms with Crippen LogP contribution >= 0.6 is 0 Å². The molecule has 19 heavy (non-hydrogen) atoms. The summed E-state index contributed by atoms with van der Waals surface area (Å²) in [7, 11) is 0. The zero-order chi connectivity index (χ0) is 13.5. The van der Waals surface area contributed by atoms with Crippen molar-refractivity contribution in [3.05, 3.63) is 35.4 Å². The third-order valence-corrected chi connectivity index (χ3v) is 3.31. The fourth-order valence-corrected chi connectivity index (χ4v) is 2.11. The van der Waals surface area contributed by atoms with Gasteiger partial charge in [0.25, 0.3) is 0 Å². The number of benzene rings is 1. The van der Waals surface area contributed by atoms with E-state index in [1.165, 1.54) is 17.5 Å². The van der Waals surface area contributed by atoms with Crippen LogP contribution in [0, 0.1) is 0 Å². The van der Waals surface area contributed by atoms with Gasteiger partial charge in [-0.25, -0.2) is 0 Å². The van der Waals surface area contributed by atoms with Crippen molar-refractivity contribution in [3.8, 4) is 0 Å². The summed E-state index contributed by atoms with van der Waals surface area (Å²) >= 11 is 0. The molecule has 106 valence electrons. The minimum absolute atomic E-state index is 0.00367. The van der Waals surface area contributed by atoms with Gasteiger partial charge in [0.1, 0.15) is 0 Å². The highest BCUT2D eigenvalue weighted by Crippen LogP contribution is 2.15. The summed E-state index contributed by atoms with van der Waals surface area (Å²) in [5.41, 5.74) is 2.52. The summed E-state index contributed by atoms with van der Waals surface area (Å²) in [6.07, 6.45) is 3.40. The zero-order valence-corrected chi connectivity index (χ0v) is 12.0. The van der Waals surface area contributed by atoms with E-state index in [4.69, 9.17) is 9.47 Å². The molecular weight excluding hydrogens is 238 g/mol. The highest BCUT2D eigenvalue weighted by molar-refractivity contribution is 5.21. The summed E-state index contributed by atoms with van der Waals surface area (Å²) < 4.78 is 11.3. The zero-order valence-electron chi connectivity index (χ0n) is 12.0. The molecule has 1 fully saturated rings. The van der Waals surface area contributed by atoms with Crippen LogP contribution in [-0.2, 0) is 22.6 Å². The first-order chi connectivity index (χ1) is 9.24. The summed E-state index contributed by atoms with van der Waals surface area (Å²) in [5, 5.41) is 3.41. The van der Waals surface area contributed by atoms with Gasteiger partial charge in [0, 0.05) is 19.2 Å². The Balaban J connectivity index is 1.74. The first-order valence-corrected chi connectivity index (χ1v) is 7.28. The predicted octanol–water partition coefficient (Wildman–Crippen LogP) is 3.23. The molecule has 0 aliphatic carbocycles. The van der Waals surface area contributed by atoms with Crippen molar-refractivity contribution >= 4 is 0 Å². The fraction of sp³-hybridized carbons (Fsp3) is 0.625. The predicted molar refractivity (Wildman–Crippen MR) is 76.8 cm³/mol. The highest BCUT2D eigenvalue weighted by atomic mass is 16.7. The molecule has 1 N–H and O–H groups in total. The number of hydrogen-bond acceptors (Lipinski definition) is 3. The molecule has 0 bridgehead atoms. The normalized spacial score (nSPS) is 19.8. The molecule has 3 heteroatoms. The maximum Gasteiger partial charge on any atom is 0.158 e. The van der Waals surface area contributed by atoms with Gasteiger partial charge in [-0.3, -0.25) is 0 Å². The Bertz CT molecular complexity index is 356. The summed E-state index contributed by atoms with van der Waals surface area (Å²) in [6.45, 7) is 6.72. The quantitative estimate of drug-likeness (QED) is 0.854. The van der Waals surface area contributed by atoms with Gasteiger partial charge in [0.15, 0.2) is 6.29 Å². The summed E-state index contributed by atoms with van der Waals surface area (Å²) in [5.74, 6) is 0. The molecule has 3 nitrogen and oxygen atoms in total. The second kappa shape index (κ2) is 7.63. The molecule has 1 heterocycles. The lowest BCUT2D eigenvalue weighted by Crippen LogP contribution is -2.22. The van der Waals surface area contributed by atoms with Gasteiger partial charge in [-0.1, -0.05) is 38.1 Å². The van der Waals surface area contributed by atoms with Gasteiger partial charge in [-0.15, -0.1) is 0 Å². The lowest BCUT2D eigenvalue weighted by Gasteiger charge is -2.22. The second-order valence-electron chi connectivity index (χ2n) is 5.46. The number of ether oxygens (including phenoxy) is 2. The topological polar surface area (TPSA) is 30.5 Å². The van der Waals surface area contributed by atoms with Crippen molar-refractivity contribution in [1.29, 1.82) is 0 Å². The molecule has 1 unspecified atom stereocenters. The Morgan fingerprint density at radius 1 is 1.21 bits per heavy atom. The lowest BCUT2D eigenvalue weighted by molar-refractivity contribution is -0.168. The van der Waals surface area contributed by atoms with E-state index in [1.54, 1.807) is 0 Å². The van der Waals surface area contributed by atoms with Crippen LogP contribution < -0.4 is 5.32 Å². The fourth-order valence-electron chi connectivity index (χ4n) is 2.11. The Kier molecular flexibility index (Phi) is 5.83. The minimum Gasteiger partial charge on any atom is -0.353 e. The molecule has 0 radical (unpaired) electrons. The first kappa shape index (κ1) is 14.5. The van der Waals surface area contributed by atoms with Crippen LogP contribution in [-0.4, -0.2) is 18.9 Å². The van der Waals surface area contributed by atoms with Gasteiger partial charge < -0.3 is 14.8 Å². The Labute approximate surface area is 116 Å². The molecule has 1 atom stereocenters. The van der Waals surface area contributed by atoms with Crippen LogP contribution in [0.4, 0.5) is 0 Å². The third kappa shape index (κ3) is 5.31. The van der Waals surface area contributed by atoms with Crippen LogP contribution in [0.3, 0.4) is 0 Å². The molecule has 1 saturated heterocycles. The molecule has 1 aliphatic rings. The van der Waals surface area contributed by atoms with Crippen LogP contribution in [0.15, 0.2) is 24.3 Å². The highest BCUT2D eigenvalue weighted by Gasteiger charge is 2.13. The first-order valence-electron chi connectivity index (χ1n) is 7.28. The van der Waals surface area contributed by atoms with E-state index in [2.05, 4.69) is 43.4 Å². The van der Waals surface area contributed by atoms with Gasteiger partial charge in [0.2, 0.25) is 0 Å². The molecule has 1 aromatic rings.